The van der Waals surface area contributed by atoms with Gasteiger partial charge in [0.1, 0.15) is 0 Å². The SMILES string of the molecule is O=C(CCC1CCNCC1)c1ccc2c(c1)OCO2. The smallest absolute Gasteiger partial charge is 0.231 e. The first-order chi connectivity index (χ1) is 9.33. The summed E-state index contributed by atoms with van der Waals surface area (Å²) >= 11 is 0. The Kier molecular flexibility index (Phi) is 3.69. The molecule has 2 aliphatic heterocycles. The molecule has 2 heterocycles. The summed E-state index contributed by atoms with van der Waals surface area (Å²) in [7, 11) is 0. The highest BCUT2D eigenvalue weighted by Crippen LogP contribution is 2.33. The van der Waals surface area contributed by atoms with Crippen LogP contribution >= 0.6 is 0 Å². The largest absolute Gasteiger partial charge is 0.454 e. The van der Waals surface area contributed by atoms with E-state index in [0.29, 0.717) is 18.1 Å². The number of rotatable bonds is 4. The maximum atomic E-state index is 12.2. The van der Waals surface area contributed by atoms with Gasteiger partial charge in [0.05, 0.1) is 0 Å². The summed E-state index contributed by atoms with van der Waals surface area (Å²) in [4.78, 5) is 12.2. The van der Waals surface area contributed by atoms with Crippen LogP contribution in [0.3, 0.4) is 0 Å². The van der Waals surface area contributed by atoms with Gasteiger partial charge in [0.25, 0.3) is 0 Å². The van der Waals surface area contributed by atoms with Crippen LogP contribution in [-0.2, 0) is 0 Å². The van der Waals surface area contributed by atoms with Crippen molar-refractivity contribution in [3.05, 3.63) is 23.8 Å². The van der Waals surface area contributed by atoms with Crippen molar-refractivity contribution in [3.63, 3.8) is 0 Å². The van der Waals surface area contributed by atoms with E-state index in [1.165, 1.54) is 12.8 Å². The zero-order valence-electron chi connectivity index (χ0n) is 11.0. The minimum absolute atomic E-state index is 0.205. The quantitative estimate of drug-likeness (QED) is 0.845. The second-order valence-corrected chi connectivity index (χ2v) is 5.22. The van der Waals surface area contributed by atoms with Crippen LogP contribution in [0.15, 0.2) is 18.2 Å². The van der Waals surface area contributed by atoms with Gasteiger partial charge in [-0.1, -0.05) is 0 Å². The molecule has 1 fully saturated rings. The van der Waals surface area contributed by atoms with E-state index in [-0.39, 0.29) is 12.6 Å². The number of piperidine rings is 1. The third-order valence-corrected chi connectivity index (χ3v) is 3.93. The molecule has 0 radical (unpaired) electrons. The number of Topliss-reactive ketones (excluding diaryl/α,β-unsaturated/α-hetero) is 1. The minimum Gasteiger partial charge on any atom is -0.454 e. The first-order valence-electron chi connectivity index (χ1n) is 6.96. The highest BCUT2D eigenvalue weighted by molar-refractivity contribution is 5.96. The number of fused-ring (bicyclic) bond motifs is 1. The number of carbonyl (C=O) groups is 1. The van der Waals surface area contributed by atoms with E-state index in [2.05, 4.69) is 5.32 Å². The van der Waals surface area contributed by atoms with Crippen LogP contribution in [-0.4, -0.2) is 25.7 Å². The summed E-state index contributed by atoms with van der Waals surface area (Å²) in [5, 5.41) is 3.35. The molecular formula is C15H19NO3. The minimum atomic E-state index is 0.205. The number of ketones is 1. The molecule has 0 bridgehead atoms. The molecule has 1 aromatic rings. The van der Waals surface area contributed by atoms with Gasteiger partial charge >= 0.3 is 0 Å². The number of ether oxygens (including phenoxy) is 2. The molecule has 3 rings (SSSR count). The number of nitrogens with one attached hydrogen (secondary N) is 1. The fourth-order valence-electron chi connectivity index (χ4n) is 2.72. The van der Waals surface area contributed by atoms with Crippen molar-refractivity contribution in [3.8, 4) is 11.5 Å². The Balaban J connectivity index is 1.57. The summed E-state index contributed by atoms with van der Waals surface area (Å²) in [6, 6.07) is 5.45. The van der Waals surface area contributed by atoms with Crippen LogP contribution in [0.25, 0.3) is 0 Å². The van der Waals surface area contributed by atoms with Crippen LogP contribution in [0.5, 0.6) is 11.5 Å². The number of benzene rings is 1. The van der Waals surface area contributed by atoms with E-state index in [9.17, 15) is 4.79 Å². The Morgan fingerprint density at radius 3 is 2.84 bits per heavy atom. The molecule has 0 aromatic heterocycles. The third-order valence-electron chi connectivity index (χ3n) is 3.93. The normalized spacial score (nSPS) is 18.5. The zero-order chi connectivity index (χ0) is 13.1. The van der Waals surface area contributed by atoms with E-state index in [4.69, 9.17) is 9.47 Å². The Bertz CT molecular complexity index is 466. The molecule has 2 aliphatic rings. The zero-order valence-corrected chi connectivity index (χ0v) is 11.0. The lowest BCUT2D eigenvalue weighted by Gasteiger charge is -2.22. The van der Waals surface area contributed by atoms with Crippen molar-refractivity contribution < 1.29 is 14.3 Å². The Morgan fingerprint density at radius 1 is 1.21 bits per heavy atom. The second kappa shape index (κ2) is 5.61. The van der Waals surface area contributed by atoms with Crippen molar-refractivity contribution >= 4 is 5.78 Å². The van der Waals surface area contributed by atoms with Crippen LogP contribution in [0.1, 0.15) is 36.0 Å². The highest BCUT2D eigenvalue weighted by Gasteiger charge is 2.18. The maximum Gasteiger partial charge on any atom is 0.231 e. The lowest BCUT2D eigenvalue weighted by molar-refractivity contribution is 0.0970. The van der Waals surface area contributed by atoms with Crippen LogP contribution < -0.4 is 14.8 Å². The molecule has 4 nitrogen and oxygen atoms in total. The fraction of sp³-hybridized carbons (Fsp3) is 0.533. The van der Waals surface area contributed by atoms with Gasteiger partial charge < -0.3 is 14.8 Å². The average Bonchev–Trinajstić information content (AvgIpc) is 2.93. The molecule has 0 aliphatic carbocycles. The van der Waals surface area contributed by atoms with Gasteiger partial charge in [-0.25, -0.2) is 0 Å². The number of hydrogen-bond donors (Lipinski definition) is 1. The van der Waals surface area contributed by atoms with E-state index in [0.717, 1.165) is 30.8 Å². The summed E-state index contributed by atoms with van der Waals surface area (Å²) in [5.74, 6) is 2.32. The van der Waals surface area contributed by atoms with Crippen molar-refractivity contribution in [2.24, 2.45) is 5.92 Å². The third kappa shape index (κ3) is 2.89. The van der Waals surface area contributed by atoms with Crippen molar-refractivity contribution in [2.75, 3.05) is 19.9 Å². The molecule has 0 atom stereocenters. The monoisotopic (exact) mass is 261 g/mol. The highest BCUT2D eigenvalue weighted by atomic mass is 16.7. The predicted molar refractivity (Wildman–Crippen MR) is 71.7 cm³/mol. The molecule has 0 unspecified atom stereocenters. The second-order valence-electron chi connectivity index (χ2n) is 5.22. The van der Waals surface area contributed by atoms with Gasteiger partial charge in [-0.2, -0.15) is 0 Å². The number of hydrogen-bond acceptors (Lipinski definition) is 4. The molecule has 1 saturated heterocycles. The maximum absolute atomic E-state index is 12.2. The lowest BCUT2D eigenvalue weighted by atomic mass is 9.91. The molecule has 0 amide bonds. The van der Waals surface area contributed by atoms with E-state index >= 15 is 0 Å². The van der Waals surface area contributed by atoms with E-state index in [1.54, 1.807) is 6.07 Å². The molecule has 0 saturated carbocycles. The van der Waals surface area contributed by atoms with E-state index < -0.39 is 0 Å². The lowest BCUT2D eigenvalue weighted by Crippen LogP contribution is -2.27. The number of carbonyl (C=O) groups excluding carboxylic acids is 1. The van der Waals surface area contributed by atoms with Gasteiger partial charge in [0, 0.05) is 12.0 Å². The standard InChI is InChI=1S/C15H19NO3/c17-13(3-1-11-5-7-16-8-6-11)12-2-4-14-15(9-12)19-10-18-14/h2,4,9,11,16H,1,3,5-8,10H2. The Labute approximate surface area is 113 Å². The van der Waals surface area contributed by atoms with Gasteiger partial charge in [-0.15, -0.1) is 0 Å². The molecular weight excluding hydrogens is 242 g/mol. The van der Waals surface area contributed by atoms with Crippen molar-refractivity contribution in [1.29, 1.82) is 0 Å². The van der Waals surface area contributed by atoms with Crippen LogP contribution in [0.2, 0.25) is 0 Å². The van der Waals surface area contributed by atoms with E-state index in [1.807, 2.05) is 12.1 Å². The summed E-state index contributed by atoms with van der Waals surface area (Å²) in [6.45, 7) is 2.42. The summed E-state index contributed by atoms with van der Waals surface area (Å²) < 4.78 is 10.5. The predicted octanol–water partition coefficient (Wildman–Crippen LogP) is 2.38. The van der Waals surface area contributed by atoms with Crippen LogP contribution in [0.4, 0.5) is 0 Å². The average molecular weight is 261 g/mol. The topological polar surface area (TPSA) is 47.6 Å². The molecule has 1 aromatic carbocycles. The first-order valence-corrected chi connectivity index (χ1v) is 6.96. The molecule has 102 valence electrons. The molecule has 19 heavy (non-hydrogen) atoms. The van der Waals surface area contributed by atoms with Crippen molar-refractivity contribution in [1.82, 2.24) is 5.32 Å². The Hall–Kier alpha value is -1.55. The fourth-order valence-corrected chi connectivity index (χ4v) is 2.72. The molecule has 4 heteroatoms. The summed E-state index contributed by atoms with van der Waals surface area (Å²) in [5.41, 5.74) is 0.734. The van der Waals surface area contributed by atoms with Crippen LogP contribution in [0, 0.1) is 5.92 Å². The summed E-state index contributed by atoms with van der Waals surface area (Å²) in [6.07, 6.45) is 4.00. The van der Waals surface area contributed by atoms with Gasteiger partial charge in [-0.05, 0) is 56.5 Å². The Morgan fingerprint density at radius 2 is 2.00 bits per heavy atom. The van der Waals surface area contributed by atoms with Crippen molar-refractivity contribution in [2.45, 2.75) is 25.7 Å². The first kappa shape index (κ1) is 12.5. The van der Waals surface area contributed by atoms with Gasteiger partial charge in [0.15, 0.2) is 17.3 Å². The molecule has 0 spiro atoms. The van der Waals surface area contributed by atoms with Gasteiger partial charge in [0.2, 0.25) is 6.79 Å². The molecule has 1 N–H and O–H groups in total. The van der Waals surface area contributed by atoms with Gasteiger partial charge in [-0.3, -0.25) is 4.79 Å².